The lowest BCUT2D eigenvalue weighted by Gasteiger charge is -2.19. The Labute approximate surface area is 98.2 Å². The molecule has 7 heteroatoms. The van der Waals surface area contributed by atoms with Gasteiger partial charge in [0.1, 0.15) is 18.0 Å². The van der Waals surface area contributed by atoms with Gasteiger partial charge in [-0.3, -0.25) is 4.79 Å². The minimum atomic E-state index is -1.95. The molecule has 98 valence electrons. The second-order valence-electron chi connectivity index (χ2n) is 3.62. The molecule has 0 heterocycles. The maximum atomic E-state index is 13.0. The van der Waals surface area contributed by atoms with Gasteiger partial charge < -0.3 is 21.6 Å². The first-order valence-electron chi connectivity index (χ1n) is 5.08. The normalized spacial score (nSPS) is 15.4. The summed E-state index contributed by atoms with van der Waals surface area (Å²) < 4.78 is 25.5. The molecule has 0 spiro atoms. The minimum Gasteiger partial charge on any atom is -0.480 e. The summed E-state index contributed by atoms with van der Waals surface area (Å²) in [6, 6.07) is 0. The van der Waals surface area contributed by atoms with E-state index in [0.717, 1.165) is 12.3 Å². The highest BCUT2D eigenvalue weighted by molar-refractivity contribution is 5.78. The van der Waals surface area contributed by atoms with Crippen LogP contribution in [0.25, 0.3) is 0 Å². The Hall–Kier alpha value is -1.34. The van der Waals surface area contributed by atoms with E-state index in [2.05, 4.69) is 5.32 Å². The highest BCUT2D eigenvalue weighted by atomic mass is 19.1. The molecule has 0 saturated heterocycles. The predicted octanol–water partition coefficient (Wildman–Crippen LogP) is 0.611. The summed E-state index contributed by atoms with van der Waals surface area (Å²) in [7, 11) is 0. The van der Waals surface area contributed by atoms with Gasteiger partial charge in [-0.15, -0.1) is 0 Å². The molecule has 0 rings (SSSR count). The number of nitrogens with two attached hydrogens (primary N) is 1. The van der Waals surface area contributed by atoms with Crippen molar-refractivity contribution < 1.29 is 18.7 Å². The highest BCUT2D eigenvalue weighted by Crippen LogP contribution is 2.12. The van der Waals surface area contributed by atoms with Crippen molar-refractivity contribution in [2.24, 2.45) is 5.73 Å². The zero-order chi connectivity index (χ0) is 13.3. The fourth-order valence-corrected chi connectivity index (χ4v) is 1.05. The number of halogens is 2. The Bertz CT molecular complexity index is 297. The standard InChI is InChI=1S/C10H17F2N3O2/c11-7-10(14,9(16)17)3-1-2-8(12)6-15-5-4-13/h2,4,13,15H,1,3,5-7,14H2,(H,16,17)/b8-2+,13-4?/t10-/m1/s1. The van der Waals surface area contributed by atoms with Crippen LogP contribution >= 0.6 is 0 Å². The predicted molar refractivity (Wildman–Crippen MR) is 60.6 cm³/mol. The van der Waals surface area contributed by atoms with Crippen LogP contribution in [0.2, 0.25) is 0 Å². The molecule has 0 bridgehead atoms. The van der Waals surface area contributed by atoms with Gasteiger partial charge in [-0.2, -0.15) is 0 Å². The first kappa shape index (κ1) is 15.7. The summed E-state index contributed by atoms with van der Waals surface area (Å²) >= 11 is 0. The number of nitrogens with one attached hydrogen (secondary N) is 2. The van der Waals surface area contributed by atoms with E-state index >= 15 is 0 Å². The Morgan fingerprint density at radius 2 is 2.24 bits per heavy atom. The molecule has 5 nitrogen and oxygen atoms in total. The second-order valence-corrected chi connectivity index (χ2v) is 3.62. The third-order valence-electron chi connectivity index (χ3n) is 2.16. The maximum Gasteiger partial charge on any atom is 0.326 e. The van der Waals surface area contributed by atoms with Gasteiger partial charge in [-0.25, -0.2) is 8.78 Å². The average molecular weight is 249 g/mol. The molecule has 0 fully saturated rings. The van der Waals surface area contributed by atoms with E-state index in [1.165, 1.54) is 0 Å². The van der Waals surface area contributed by atoms with E-state index in [4.69, 9.17) is 16.2 Å². The molecular formula is C10H17F2N3O2. The molecule has 5 N–H and O–H groups in total. The number of carbonyl (C=O) groups is 1. The number of aliphatic carboxylic acids is 1. The number of allylic oxidation sites excluding steroid dienone is 1. The van der Waals surface area contributed by atoms with Crippen LogP contribution < -0.4 is 11.1 Å². The first-order valence-corrected chi connectivity index (χ1v) is 5.08. The summed E-state index contributed by atoms with van der Waals surface area (Å²) in [4.78, 5) is 10.6. The van der Waals surface area contributed by atoms with Crippen molar-refractivity contribution in [3.63, 3.8) is 0 Å². The van der Waals surface area contributed by atoms with Crippen molar-refractivity contribution in [3.05, 3.63) is 11.9 Å². The van der Waals surface area contributed by atoms with Crippen molar-refractivity contribution in [1.82, 2.24) is 5.32 Å². The average Bonchev–Trinajstić information content (AvgIpc) is 2.29. The van der Waals surface area contributed by atoms with Gasteiger partial charge in [-0.1, -0.05) is 6.08 Å². The van der Waals surface area contributed by atoms with Crippen LogP contribution in [-0.2, 0) is 4.79 Å². The van der Waals surface area contributed by atoms with E-state index in [9.17, 15) is 13.6 Å². The smallest absolute Gasteiger partial charge is 0.326 e. The van der Waals surface area contributed by atoms with Crippen LogP contribution in [0.15, 0.2) is 11.9 Å². The molecule has 0 aromatic rings. The lowest BCUT2D eigenvalue weighted by Crippen LogP contribution is -2.49. The summed E-state index contributed by atoms with van der Waals surface area (Å²) in [5.41, 5.74) is 3.33. The lowest BCUT2D eigenvalue weighted by atomic mass is 9.96. The van der Waals surface area contributed by atoms with E-state index in [1.807, 2.05) is 0 Å². The monoisotopic (exact) mass is 249 g/mol. The first-order chi connectivity index (χ1) is 7.96. The van der Waals surface area contributed by atoms with Gasteiger partial charge in [0.15, 0.2) is 0 Å². The van der Waals surface area contributed by atoms with Gasteiger partial charge in [0.05, 0.1) is 0 Å². The van der Waals surface area contributed by atoms with Crippen LogP contribution in [0.3, 0.4) is 0 Å². The summed E-state index contributed by atoms with van der Waals surface area (Å²) in [5, 5.41) is 18.0. The number of rotatable bonds is 9. The van der Waals surface area contributed by atoms with Gasteiger partial charge in [0.25, 0.3) is 0 Å². The van der Waals surface area contributed by atoms with Crippen LogP contribution in [0.1, 0.15) is 12.8 Å². The number of carboxylic acid groups (broad SMARTS) is 1. The molecule has 0 aromatic carbocycles. The lowest BCUT2D eigenvalue weighted by molar-refractivity contribution is -0.144. The van der Waals surface area contributed by atoms with Crippen molar-refractivity contribution in [2.45, 2.75) is 18.4 Å². The summed E-state index contributed by atoms with van der Waals surface area (Å²) in [6.07, 6.45) is 2.13. The van der Waals surface area contributed by atoms with E-state index in [-0.39, 0.29) is 25.9 Å². The quantitative estimate of drug-likeness (QED) is 0.355. The molecule has 0 radical (unpaired) electrons. The number of hydrogen-bond acceptors (Lipinski definition) is 4. The Balaban J connectivity index is 4.06. The van der Waals surface area contributed by atoms with Crippen LogP contribution in [-0.4, -0.2) is 42.6 Å². The molecule has 0 aromatic heterocycles. The summed E-state index contributed by atoms with van der Waals surface area (Å²) in [5.74, 6) is -1.92. The van der Waals surface area contributed by atoms with Crippen molar-refractivity contribution in [2.75, 3.05) is 19.8 Å². The molecule has 0 unspecified atom stereocenters. The van der Waals surface area contributed by atoms with Gasteiger partial charge in [-0.05, 0) is 12.8 Å². The second kappa shape index (κ2) is 7.86. The largest absolute Gasteiger partial charge is 0.480 e. The van der Waals surface area contributed by atoms with E-state index in [1.54, 1.807) is 0 Å². The molecule has 0 aliphatic rings. The van der Waals surface area contributed by atoms with Crippen molar-refractivity contribution in [3.8, 4) is 0 Å². The van der Waals surface area contributed by atoms with E-state index in [0.29, 0.717) is 0 Å². The van der Waals surface area contributed by atoms with Crippen molar-refractivity contribution in [1.29, 1.82) is 5.41 Å². The molecular weight excluding hydrogens is 232 g/mol. The highest BCUT2D eigenvalue weighted by Gasteiger charge is 2.33. The fourth-order valence-electron chi connectivity index (χ4n) is 1.05. The maximum absolute atomic E-state index is 13.0. The molecule has 0 aliphatic heterocycles. The SMILES string of the molecule is N=CCNC/C(F)=C\CC[C@@](N)(CF)C(=O)O. The van der Waals surface area contributed by atoms with Crippen molar-refractivity contribution >= 4 is 12.2 Å². The Kier molecular flexibility index (Phi) is 7.24. The zero-order valence-electron chi connectivity index (χ0n) is 9.38. The van der Waals surface area contributed by atoms with Crippen LogP contribution in [0.5, 0.6) is 0 Å². The van der Waals surface area contributed by atoms with Crippen LogP contribution in [0.4, 0.5) is 8.78 Å². The molecule has 0 aliphatic carbocycles. The van der Waals surface area contributed by atoms with Gasteiger partial charge in [0, 0.05) is 19.3 Å². The van der Waals surface area contributed by atoms with E-state index < -0.39 is 24.0 Å². The fraction of sp³-hybridized carbons (Fsp3) is 0.600. The number of carboxylic acids is 1. The topological polar surface area (TPSA) is 99.2 Å². The number of alkyl halides is 1. The molecule has 17 heavy (non-hydrogen) atoms. The molecule has 0 saturated carbocycles. The molecule has 1 atom stereocenters. The van der Waals surface area contributed by atoms with Crippen LogP contribution in [0, 0.1) is 5.41 Å². The Morgan fingerprint density at radius 3 is 2.71 bits per heavy atom. The van der Waals surface area contributed by atoms with Gasteiger partial charge >= 0.3 is 5.97 Å². The minimum absolute atomic E-state index is 0.0460. The number of hydrogen-bond donors (Lipinski definition) is 4. The third kappa shape index (κ3) is 6.08. The molecule has 0 amide bonds. The zero-order valence-corrected chi connectivity index (χ0v) is 9.38. The third-order valence-corrected chi connectivity index (χ3v) is 2.16. The Morgan fingerprint density at radius 1 is 1.59 bits per heavy atom. The summed E-state index contributed by atoms with van der Waals surface area (Å²) in [6.45, 7) is -0.985. The van der Waals surface area contributed by atoms with Gasteiger partial charge in [0.2, 0.25) is 0 Å².